The van der Waals surface area contributed by atoms with Crippen LogP contribution in [0.1, 0.15) is 0 Å². The van der Waals surface area contributed by atoms with Gasteiger partial charge < -0.3 is 5.73 Å². The molecule has 0 spiro atoms. The third-order valence-electron chi connectivity index (χ3n) is 1.96. The molecule has 0 radical (unpaired) electrons. The molecule has 0 aliphatic carbocycles. The highest BCUT2D eigenvalue weighted by molar-refractivity contribution is 5.76. The van der Waals surface area contributed by atoms with Crippen molar-refractivity contribution in [3.63, 3.8) is 0 Å². The molecule has 0 atom stereocenters. The highest BCUT2D eigenvalue weighted by atomic mass is 15.3. The molecule has 0 unspecified atom stereocenters. The Morgan fingerprint density at radius 2 is 2.08 bits per heavy atom. The van der Waals surface area contributed by atoms with E-state index in [0.717, 1.165) is 17.4 Å². The van der Waals surface area contributed by atoms with Crippen molar-refractivity contribution in [1.29, 1.82) is 0 Å². The first-order chi connectivity index (χ1) is 6.40. The maximum absolute atomic E-state index is 5.44. The topological polar surface area (TPSA) is 42.8 Å². The zero-order chi connectivity index (χ0) is 9.10. The van der Waals surface area contributed by atoms with Crippen LogP contribution < -0.4 is 10.4 Å². The summed E-state index contributed by atoms with van der Waals surface area (Å²) in [6, 6.07) is 10.1. The summed E-state index contributed by atoms with van der Waals surface area (Å²) in [7, 11) is 0. The zero-order valence-electron chi connectivity index (χ0n) is 7.35. The fourth-order valence-electron chi connectivity index (χ4n) is 1.31. The maximum Gasteiger partial charge on any atom is 0.197 e. The Balaban J connectivity index is 2.49. The van der Waals surface area contributed by atoms with Gasteiger partial charge in [-0.2, -0.15) is 0 Å². The van der Waals surface area contributed by atoms with Gasteiger partial charge in [-0.3, -0.25) is 0 Å². The van der Waals surface area contributed by atoms with E-state index >= 15 is 0 Å². The van der Waals surface area contributed by atoms with Crippen LogP contribution in [-0.2, 0) is 6.54 Å². The number of benzene rings is 1. The molecule has 66 valence electrons. The molecule has 0 bridgehead atoms. The van der Waals surface area contributed by atoms with Gasteiger partial charge in [0.05, 0.1) is 6.54 Å². The minimum absolute atomic E-state index is 0.621. The van der Waals surface area contributed by atoms with Crippen LogP contribution in [0.25, 0.3) is 10.9 Å². The molecule has 0 fully saturated rings. The van der Waals surface area contributed by atoms with E-state index in [0.29, 0.717) is 6.54 Å². The van der Waals surface area contributed by atoms with Gasteiger partial charge in [0.2, 0.25) is 0 Å². The quantitative estimate of drug-likeness (QED) is 0.673. The van der Waals surface area contributed by atoms with Gasteiger partial charge in [-0.1, -0.05) is 22.9 Å². The van der Waals surface area contributed by atoms with Gasteiger partial charge in [0.15, 0.2) is 12.7 Å². The second kappa shape index (κ2) is 3.49. The number of hydrogen-bond donors (Lipinski definition) is 1. The first-order valence-corrected chi connectivity index (χ1v) is 4.36. The van der Waals surface area contributed by atoms with Crippen molar-refractivity contribution in [1.82, 2.24) is 5.10 Å². The molecule has 0 saturated carbocycles. The number of hydrogen-bond acceptors (Lipinski definition) is 2. The van der Waals surface area contributed by atoms with E-state index in [4.69, 9.17) is 5.73 Å². The van der Waals surface area contributed by atoms with Gasteiger partial charge in [-0.05, 0) is 6.07 Å². The van der Waals surface area contributed by atoms with Crippen LogP contribution in [0.15, 0.2) is 36.5 Å². The molecule has 3 nitrogen and oxygen atoms in total. The van der Waals surface area contributed by atoms with E-state index in [1.165, 1.54) is 0 Å². The summed E-state index contributed by atoms with van der Waals surface area (Å²) in [6.45, 7) is 1.39. The van der Waals surface area contributed by atoms with E-state index in [-0.39, 0.29) is 0 Å². The zero-order valence-corrected chi connectivity index (χ0v) is 7.35. The van der Waals surface area contributed by atoms with E-state index in [9.17, 15) is 0 Å². The average molecular weight is 174 g/mol. The Bertz CT molecular complexity index is 412. The SMILES string of the molecule is NCC[n+]1ccc2ccccc2n1. The summed E-state index contributed by atoms with van der Waals surface area (Å²) < 4.78 is 1.86. The smallest absolute Gasteiger partial charge is 0.197 e. The molecule has 0 amide bonds. The fraction of sp³-hybridized carbons (Fsp3) is 0.200. The number of fused-ring (bicyclic) bond motifs is 1. The highest BCUT2D eigenvalue weighted by Crippen LogP contribution is 2.06. The second-order valence-electron chi connectivity index (χ2n) is 2.93. The standard InChI is InChI=1S/C10H12N3/c11-6-8-13-7-5-9-3-1-2-4-10(9)12-13/h1-5,7H,6,8,11H2/q+1. The van der Waals surface area contributed by atoms with Gasteiger partial charge in [0.25, 0.3) is 0 Å². The Kier molecular flexibility index (Phi) is 2.19. The number of aromatic nitrogens is 2. The Morgan fingerprint density at radius 3 is 2.92 bits per heavy atom. The molecule has 0 saturated heterocycles. The first-order valence-electron chi connectivity index (χ1n) is 4.36. The van der Waals surface area contributed by atoms with Gasteiger partial charge in [0.1, 0.15) is 5.52 Å². The Hall–Kier alpha value is -1.48. The molecule has 1 aromatic carbocycles. The summed E-state index contributed by atoms with van der Waals surface area (Å²) >= 11 is 0. The van der Waals surface area contributed by atoms with Crippen LogP contribution in [0.5, 0.6) is 0 Å². The molecule has 3 heteroatoms. The van der Waals surface area contributed by atoms with Crippen LogP contribution in [-0.4, -0.2) is 11.6 Å². The number of rotatable bonds is 2. The Morgan fingerprint density at radius 1 is 1.23 bits per heavy atom. The third-order valence-corrected chi connectivity index (χ3v) is 1.96. The van der Waals surface area contributed by atoms with Crippen LogP contribution in [0.4, 0.5) is 0 Å². The molecular weight excluding hydrogens is 162 g/mol. The van der Waals surface area contributed by atoms with Crippen molar-refractivity contribution in [2.24, 2.45) is 5.73 Å². The lowest BCUT2D eigenvalue weighted by molar-refractivity contribution is -0.749. The summed E-state index contributed by atoms with van der Waals surface area (Å²) in [6.07, 6.45) is 1.95. The summed E-state index contributed by atoms with van der Waals surface area (Å²) in [4.78, 5) is 0. The molecule has 1 aromatic heterocycles. The molecule has 2 aromatic rings. The van der Waals surface area contributed by atoms with Crippen molar-refractivity contribution in [2.75, 3.05) is 6.54 Å². The normalized spacial score (nSPS) is 10.5. The molecule has 1 heterocycles. The molecule has 13 heavy (non-hydrogen) atoms. The van der Waals surface area contributed by atoms with Crippen LogP contribution in [0.2, 0.25) is 0 Å². The lowest BCUT2D eigenvalue weighted by atomic mass is 10.2. The lowest BCUT2D eigenvalue weighted by Gasteiger charge is -1.94. The highest BCUT2D eigenvalue weighted by Gasteiger charge is 2.01. The third kappa shape index (κ3) is 1.65. The van der Waals surface area contributed by atoms with Gasteiger partial charge in [-0.25, -0.2) is 0 Å². The van der Waals surface area contributed by atoms with Crippen LogP contribution >= 0.6 is 0 Å². The van der Waals surface area contributed by atoms with Crippen LogP contribution in [0, 0.1) is 0 Å². The second-order valence-corrected chi connectivity index (χ2v) is 2.93. The van der Waals surface area contributed by atoms with Gasteiger partial charge in [-0.15, -0.1) is 0 Å². The van der Waals surface area contributed by atoms with E-state index in [2.05, 4.69) is 17.2 Å². The largest absolute Gasteiger partial charge is 0.325 e. The van der Waals surface area contributed by atoms with E-state index < -0.39 is 0 Å². The minimum Gasteiger partial charge on any atom is -0.325 e. The van der Waals surface area contributed by atoms with E-state index in [1.807, 2.05) is 29.1 Å². The minimum atomic E-state index is 0.621. The van der Waals surface area contributed by atoms with Crippen molar-refractivity contribution in [2.45, 2.75) is 6.54 Å². The van der Waals surface area contributed by atoms with E-state index in [1.54, 1.807) is 0 Å². The Labute approximate surface area is 76.8 Å². The summed E-state index contributed by atoms with van der Waals surface area (Å²) in [5.41, 5.74) is 6.46. The van der Waals surface area contributed by atoms with Crippen molar-refractivity contribution < 1.29 is 4.68 Å². The molecule has 0 aliphatic rings. The number of nitrogens with two attached hydrogens (primary N) is 1. The van der Waals surface area contributed by atoms with Crippen molar-refractivity contribution >= 4 is 10.9 Å². The van der Waals surface area contributed by atoms with Gasteiger partial charge >= 0.3 is 0 Å². The monoisotopic (exact) mass is 174 g/mol. The predicted molar refractivity (Wildman–Crippen MR) is 51.0 cm³/mol. The maximum atomic E-state index is 5.44. The molecule has 2 rings (SSSR count). The predicted octanol–water partition coefficient (Wildman–Crippen LogP) is 0.481. The summed E-state index contributed by atoms with van der Waals surface area (Å²) in [5.74, 6) is 0. The fourth-order valence-corrected chi connectivity index (χ4v) is 1.31. The van der Waals surface area contributed by atoms with Crippen molar-refractivity contribution in [3.8, 4) is 0 Å². The van der Waals surface area contributed by atoms with Crippen molar-refractivity contribution in [3.05, 3.63) is 36.5 Å². The molecular formula is C10H12N3+. The molecule has 2 N–H and O–H groups in total. The average Bonchev–Trinajstić information content (AvgIpc) is 2.18. The summed E-state index contributed by atoms with van der Waals surface area (Å²) in [5, 5.41) is 5.56. The van der Waals surface area contributed by atoms with Crippen LogP contribution in [0.3, 0.4) is 0 Å². The number of nitrogens with zero attached hydrogens (tertiary/aromatic N) is 2. The molecule has 0 aliphatic heterocycles. The first kappa shape index (κ1) is 8.13. The van der Waals surface area contributed by atoms with Gasteiger partial charge in [0, 0.05) is 16.6 Å². The lowest BCUT2D eigenvalue weighted by Crippen LogP contribution is -2.40.